The standard InChI is InChI=1S/C26H44O4/c1-5-17-21-14-16(27)10-12-26(21,4)20-11-13-25(3)18(15(2)6-9-22(28)29)7-8-19(25)23(20)24(17)30/h15-21,23-24,27,30H,5-14H2,1-4H3,(H,28,29)/t15-,16-,17-,18-,19?,20?,21+,23?,24-,25-,26-/m1/s1/i24T. The van der Waals surface area contributed by atoms with Gasteiger partial charge in [-0.15, -0.1) is 0 Å². The Morgan fingerprint density at radius 1 is 1.07 bits per heavy atom. The summed E-state index contributed by atoms with van der Waals surface area (Å²) in [7, 11) is 0. The van der Waals surface area contributed by atoms with E-state index in [2.05, 4.69) is 27.7 Å². The smallest absolute Gasteiger partial charge is 0.303 e. The van der Waals surface area contributed by atoms with Crippen LogP contribution in [0.3, 0.4) is 0 Å². The lowest BCUT2D eigenvalue weighted by molar-refractivity contribution is -0.203. The van der Waals surface area contributed by atoms with Gasteiger partial charge < -0.3 is 15.3 Å². The van der Waals surface area contributed by atoms with Gasteiger partial charge in [0.1, 0.15) is 0 Å². The number of fused-ring (bicyclic) bond motifs is 5. The molecule has 4 rings (SSSR count). The van der Waals surface area contributed by atoms with Gasteiger partial charge in [-0.3, -0.25) is 4.79 Å². The zero-order valence-corrected chi connectivity index (χ0v) is 19.4. The maximum Gasteiger partial charge on any atom is 0.303 e. The maximum atomic E-state index is 11.8. The molecule has 0 spiro atoms. The molecule has 0 radical (unpaired) electrons. The molecule has 0 heterocycles. The van der Waals surface area contributed by atoms with Crippen molar-refractivity contribution in [2.75, 3.05) is 0 Å². The van der Waals surface area contributed by atoms with Crippen molar-refractivity contribution in [3.8, 4) is 0 Å². The summed E-state index contributed by atoms with van der Waals surface area (Å²) in [5.74, 6) is 0.941. The van der Waals surface area contributed by atoms with E-state index in [0.717, 1.165) is 57.8 Å². The summed E-state index contributed by atoms with van der Waals surface area (Å²) in [6.07, 6.45) is 6.93. The van der Waals surface area contributed by atoms with Gasteiger partial charge in [-0.25, -0.2) is 0 Å². The van der Waals surface area contributed by atoms with Crippen LogP contribution < -0.4 is 0 Å². The Hall–Kier alpha value is -0.610. The van der Waals surface area contributed by atoms with Crippen LogP contribution in [0.2, 0.25) is 0 Å². The van der Waals surface area contributed by atoms with Crippen LogP contribution in [0.1, 0.15) is 93.3 Å². The predicted molar refractivity (Wildman–Crippen MR) is 118 cm³/mol. The van der Waals surface area contributed by atoms with Crippen molar-refractivity contribution in [2.24, 2.45) is 52.3 Å². The lowest BCUT2D eigenvalue weighted by Crippen LogP contribution is -2.62. The molecular formula is C26H44O4. The SMILES string of the molecule is [3H][C@]1(O)C2C3CC[C@H]([C@H](C)CCC(=O)O)[C@@]3(C)CCC2[C@@]2(C)CC[C@@H](O)C[C@H]2[C@H]1CC. The molecule has 0 aromatic rings. The van der Waals surface area contributed by atoms with Crippen molar-refractivity contribution in [1.29, 1.82) is 0 Å². The van der Waals surface area contributed by atoms with Gasteiger partial charge >= 0.3 is 5.97 Å². The molecule has 4 aliphatic carbocycles. The molecule has 30 heavy (non-hydrogen) atoms. The molecule has 0 amide bonds. The molecule has 172 valence electrons. The molecule has 3 N–H and O–H groups in total. The third-order valence-electron chi connectivity index (χ3n) is 10.7. The lowest BCUT2D eigenvalue weighted by atomic mass is 9.41. The summed E-state index contributed by atoms with van der Waals surface area (Å²) < 4.78 is 9.33. The molecule has 0 aromatic heterocycles. The molecule has 0 saturated heterocycles. The third-order valence-corrected chi connectivity index (χ3v) is 10.7. The van der Waals surface area contributed by atoms with Gasteiger partial charge in [0.2, 0.25) is 0 Å². The first-order chi connectivity index (χ1) is 14.5. The highest BCUT2D eigenvalue weighted by Crippen LogP contribution is 2.69. The Morgan fingerprint density at radius 3 is 2.40 bits per heavy atom. The average molecular weight is 423 g/mol. The summed E-state index contributed by atoms with van der Waals surface area (Å²) in [4.78, 5) is 11.1. The number of carboxylic acids is 1. The normalized spacial score (nSPS) is 54.5. The minimum absolute atomic E-state index is 0.00985. The molecule has 0 aromatic carbocycles. The topological polar surface area (TPSA) is 77.8 Å². The van der Waals surface area contributed by atoms with E-state index in [1.54, 1.807) is 0 Å². The Kier molecular flexibility index (Phi) is 5.71. The number of carboxylic acid groups (broad SMARTS) is 1. The second-order valence-corrected chi connectivity index (χ2v) is 11.9. The molecule has 4 heteroatoms. The number of hydrogen-bond acceptors (Lipinski definition) is 3. The van der Waals surface area contributed by atoms with E-state index in [-0.39, 0.29) is 41.1 Å². The van der Waals surface area contributed by atoms with Crippen molar-refractivity contribution in [1.82, 2.24) is 0 Å². The molecule has 0 bridgehead atoms. The number of carbonyl (C=O) groups is 1. The number of aliphatic hydroxyl groups excluding tert-OH is 1. The van der Waals surface area contributed by atoms with E-state index < -0.39 is 12.0 Å². The first-order valence-corrected chi connectivity index (χ1v) is 12.6. The van der Waals surface area contributed by atoms with Crippen LogP contribution in [-0.4, -0.2) is 33.5 Å². The third kappa shape index (κ3) is 3.36. The Morgan fingerprint density at radius 2 is 1.73 bits per heavy atom. The number of aliphatic hydroxyl groups is 2. The first-order valence-electron chi connectivity index (χ1n) is 13.1. The van der Waals surface area contributed by atoms with Gasteiger partial charge in [0.25, 0.3) is 0 Å². The van der Waals surface area contributed by atoms with Crippen LogP contribution in [0.25, 0.3) is 0 Å². The zero-order valence-electron chi connectivity index (χ0n) is 20.4. The predicted octanol–water partition coefficient (Wildman–Crippen LogP) is 5.11. The van der Waals surface area contributed by atoms with Crippen LogP contribution in [0, 0.1) is 52.3 Å². The van der Waals surface area contributed by atoms with E-state index in [9.17, 15) is 16.4 Å². The van der Waals surface area contributed by atoms with Crippen LogP contribution in [0.5, 0.6) is 0 Å². The van der Waals surface area contributed by atoms with Crippen LogP contribution in [-0.2, 0) is 4.79 Å². The molecule has 3 unspecified atom stereocenters. The van der Waals surface area contributed by atoms with Crippen LogP contribution in [0.4, 0.5) is 0 Å². The minimum atomic E-state index is -1.44. The summed E-state index contributed by atoms with van der Waals surface area (Å²) >= 11 is 0. The molecule has 0 aliphatic heterocycles. The van der Waals surface area contributed by atoms with Gasteiger partial charge in [0.15, 0.2) is 0 Å². The zero-order chi connectivity index (χ0) is 22.8. The van der Waals surface area contributed by atoms with E-state index in [0.29, 0.717) is 23.7 Å². The lowest BCUT2D eigenvalue weighted by Gasteiger charge is -2.64. The average Bonchev–Trinajstić information content (AvgIpc) is 3.04. The van der Waals surface area contributed by atoms with E-state index in [1.165, 1.54) is 0 Å². The number of aliphatic carboxylic acids is 1. The molecule has 4 nitrogen and oxygen atoms in total. The van der Waals surface area contributed by atoms with Crippen molar-refractivity contribution in [2.45, 2.75) is 104 Å². The highest BCUT2D eigenvalue weighted by atomic mass is 16.4. The molecule has 4 aliphatic rings. The number of hydrogen-bond donors (Lipinski definition) is 3. The largest absolute Gasteiger partial charge is 0.481 e. The Labute approximate surface area is 184 Å². The van der Waals surface area contributed by atoms with Gasteiger partial charge in [-0.05, 0) is 104 Å². The van der Waals surface area contributed by atoms with E-state index in [1.807, 2.05) is 0 Å². The second-order valence-electron chi connectivity index (χ2n) is 11.9. The summed E-state index contributed by atoms with van der Waals surface area (Å²) in [6.45, 7) is 9.12. The first kappa shape index (κ1) is 21.2. The maximum absolute atomic E-state index is 11.8. The van der Waals surface area contributed by atoms with Crippen molar-refractivity contribution < 1.29 is 21.5 Å². The molecular weight excluding hydrogens is 376 g/mol. The van der Waals surface area contributed by atoms with Gasteiger partial charge in [0.05, 0.1) is 13.6 Å². The molecule has 4 saturated carbocycles. The molecule has 11 atom stereocenters. The van der Waals surface area contributed by atoms with E-state index in [4.69, 9.17) is 5.11 Å². The fraction of sp³-hybridized carbons (Fsp3) is 0.962. The second kappa shape index (κ2) is 8.06. The van der Waals surface area contributed by atoms with Gasteiger partial charge in [-0.2, -0.15) is 0 Å². The fourth-order valence-corrected chi connectivity index (χ4v) is 9.19. The van der Waals surface area contributed by atoms with Crippen LogP contribution in [0.15, 0.2) is 0 Å². The van der Waals surface area contributed by atoms with Gasteiger partial charge in [0, 0.05) is 6.42 Å². The summed E-state index contributed by atoms with van der Waals surface area (Å²) in [5, 5.41) is 31.4. The highest BCUT2D eigenvalue weighted by Gasteiger charge is 2.64. The van der Waals surface area contributed by atoms with Gasteiger partial charge in [-0.1, -0.05) is 34.1 Å². The van der Waals surface area contributed by atoms with Crippen molar-refractivity contribution in [3.05, 3.63) is 0 Å². The highest BCUT2D eigenvalue weighted by molar-refractivity contribution is 5.66. The molecule has 4 fully saturated rings. The Balaban J connectivity index is 1.67. The summed E-state index contributed by atoms with van der Waals surface area (Å²) in [5.41, 5.74) is 0.190. The quantitative estimate of drug-likeness (QED) is 0.575. The Bertz CT molecular complexity index is 695. The van der Waals surface area contributed by atoms with Crippen molar-refractivity contribution >= 4 is 5.97 Å². The minimum Gasteiger partial charge on any atom is -0.481 e. The van der Waals surface area contributed by atoms with Crippen LogP contribution >= 0.6 is 0 Å². The number of rotatable bonds is 5. The summed E-state index contributed by atoms with van der Waals surface area (Å²) in [6, 6.07) is 0. The monoisotopic (exact) mass is 422 g/mol. The fourth-order valence-electron chi connectivity index (χ4n) is 9.19. The van der Waals surface area contributed by atoms with E-state index >= 15 is 0 Å². The van der Waals surface area contributed by atoms with Crippen molar-refractivity contribution in [3.63, 3.8) is 0 Å².